The first-order valence-corrected chi connectivity index (χ1v) is 10.8. The predicted molar refractivity (Wildman–Crippen MR) is 110 cm³/mol. The number of amides is 1. The second-order valence-electron chi connectivity index (χ2n) is 5.91. The molecule has 0 saturated heterocycles. The maximum absolute atomic E-state index is 12.9. The number of carbonyl (C=O) groups is 1. The van der Waals surface area contributed by atoms with Gasteiger partial charge in [0.2, 0.25) is 5.13 Å². The highest BCUT2D eigenvalue weighted by atomic mass is 32.2. The van der Waals surface area contributed by atoms with Gasteiger partial charge in [0, 0.05) is 23.4 Å². The van der Waals surface area contributed by atoms with E-state index in [1.54, 1.807) is 33.8 Å². The van der Waals surface area contributed by atoms with Crippen LogP contribution in [0.1, 0.15) is 26.6 Å². The van der Waals surface area contributed by atoms with Crippen molar-refractivity contribution in [3.05, 3.63) is 45.4 Å². The molecule has 0 aliphatic carbocycles. The number of nitrogens with zero attached hydrogens (tertiary/aromatic N) is 5. The van der Waals surface area contributed by atoms with Gasteiger partial charge in [0.05, 0.1) is 16.6 Å². The van der Waals surface area contributed by atoms with Crippen LogP contribution in [-0.2, 0) is 12.8 Å². The maximum atomic E-state index is 12.9. The highest BCUT2D eigenvalue weighted by Gasteiger charge is 2.19. The van der Waals surface area contributed by atoms with Gasteiger partial charge < -0.3 is 0 Å². The highest BCUT2D eigenvalue weighted by molar-refractivity contribution is 8.00. The van der Waals surface area contributed by atoms with E-state index in [0.29, 0.717) is 16.3 Å². The molecule has 4 aromatic heterocycles. The molecule has 4 aromatic rings. The van der Waals surface area contributed by atoms with Gasteiger partial charge in [-0.2, -0.15) is 5.10 Å². The van der Waals surface area contributed by atoms with E-state index in [2.05, 4.69) is 37.0 Å². The molecule has 0 radical (unpaired) electrons. The van der Waals surface area contributed by atoms with Crippen molar-refractivity contribution < 1.29 is 4.79 Å². The Balaban J connectivity index is 1.54. The molecular formula is C17H16N6OS3. The van der Waals surface area contributed by atoms with Crippen molar-refractivity contribution >= 4 is 56.5 Å². The van der Waals surface area contributed by atoms with E-state index >= 15 is 0 Å². The summed E-state index contributed by atoms with van der Waals surface area (Å²) < 4.78 is 2.52. The number of aryl methyl sites for hydroxylation is 3. The fraction of sp³-hybridized carbons (Fsp3) is 0.235. The lowest BCUT2D eigenvalue weighted by molar-refractivity contribution is 0.102. The second-order valence-corrected chi connectivity index (χ2v) is 9.15. The molecule has 1 amide bonds. The van der Waals surface area contributed by atoms with Crippen molar-refractivity contribution in [3.8, 4) is 0 Å². The Bertz CT molecular complexity index is 1120. The minimum Gasteiger partial charge on any atom is -0.296 e. The van der Waals surface area contributed by atoms with Gasteiger partial charge in [-0.15, -0.1) is 21.5 Å². The Labute approximate surface area is 167 Å². The fourth-order valence-electron chi connectivity index (χ4n) is 2.76. The van der Waals surface area contributed by atoms with Crippen molar-refractivity contribution in [2.75, 3.05) is 5.32 Å². The minimum absolute atomic E-state index is 0.229. The van der Waals surface area contributed by atoms with E-state index in [9.17, 15) is 4.79 Å². The zero-order chi connectivity index (χ0) is 19.0. The van der Waals surface area contributed by atoms with Crippen LogP contribution in [0.25, 0.3) is 11.0 Å². The monoisotopic (exact) mass is 416 g/mol. The molecule has 7 nitrogen and oxygen atoms in total. The number of thiophene rings is 1. The standard InChI is InChI=1S/C17H16N6OS3/c1-9-7-12(13-10(2)22-23(3)14(13)18-9)15(24)19-16-20-21-17(27-16)26-8-11-5-4-6-25-11/h4-7H,8H2,1-3H3,(H,19,20,24). The Morgan fingerprint density at radius 3 is 2.96 bits per heavy atom. The molecule has 0 atom stereocenters. The summed E-state index contributed by atoms with van der Waals surface area (Å²) in [4.78, 5) is 18.6. The van der Waals surface area contributed by atoms with Crippen molar-refractivity contribution in [1.29, 1.82) is 0 Å². The molecule has 1 N–H and O–H groups in total. The molecule has 0 bridgehead atoms. The Hall–Kier alpha value is -2.30. The van der Waals surface area contributed by atoms with Gasteiger partial charge in [0.25, 0.3) is 5.91 Å². The van der Waals surface area contributed by atoms with Gasteiger partial charge in [-0.25, -0.2) is 4.98 Å². The van der Waals surface area contributed by atoms with Crippen LogP contribution in [0.2, 0.25) is 0 Å². The van der Waals surface area contributed by atoms with Gasteiger partial charge in [0.1, 0.15) is 0 Å². The molecule has 0 fully saturated rings. The zero-order valence-electron chi connectivity index (χ0n) is 14.9. The Morgan fingerprint density at radius 1 is 1.33 bits per heavy atom. The lowest BCUT2D eigenvalue weighted by atomic mass is 10.1. The van der Waals surface area contributed by atoms with Crippen LogP contribution in [0.3, 0.4) is 0 Å². The van der Waals surface area contributed by atoms with Gasteiger partial charge >= 0.3 is 0 Å². The topological polar surface area (TPSA) is 85.6 Å². The normalized spacial score (nSPS) is 11.2. The number of rotatable bonds is 5. The smallest absolute Gasteiger partial charge is 0.258 e. The third-order valence-electron chi connectivity index (χ3n) is 3.89. The van der Waals surface area contributed by atoms with Crippen LogP contribution >= 0.6 is 34.4 Å². The molecule has 4 heterocycles. The number of thioether (sulfide) groups is 1. The maximum Gasteiger partial charge on any atom is 0.258 e. The van der Waals surface area contributed by atoms with E-state index < -0.39 is 0 Å². The van der Waals surface area contributed by atoms with Crippen LogP contribution in [0.15, 0.2) is 27.9 Å². The zero-order valence-corrected chi connectivity index (χ0v) is 17.3. The fourth-order valence-corrected chi connectivity index (χ4v) is 5.28. The third-order valence-corrected chi connectivity index (χ3v) is 6.97. The minimum atomic E-state index is -0.229. The first-order chi connectivity index (χ1) is 13.0. The average molecular weight is 417 g/mol. The number of nitrogens with one attached hydrogen (secondary N) is 1. The van der Waals surface area contributed by atoms with Crippen LogP contribution in [0.4, 0.5) is 5.13 Å². The van der Waals surface area contributed by atoms with Crippen LogP contribution in [-0.4, -0.2) is 30.9 Å². The molecular weight excluding hydrogens is 400 g/mol. The SMILES string of the molecule is Cc1cc(C(=O)Nc2nnc(SCc3cccs3)s2)c2c(C)nn(C)c2n1. The lowest BCUT2D eigenvalue weighted by Gasteiger charge is -2.05. The molecule has 0 aromatic carbocycles. The summed E-state index contributed by atoms with van der Waals surface area (Å²) >= 11 is 4.70. The number of hydrogen-bond acceptors (Lipinski definition) is 8. The summed E-state index contributed by atoms with van der Waals surface area (Å²) in [5.74, 6) is 0.617. The summed E-state index contributed by atoms with van der Waals surface area (Å²) in [6.07, 6.45) is 0. The van der Waals surface area contributed by atoms with Crippen LogP contribution < -0.4 is 5.32 Å². The van der Waals surface area contributed by atoms with Crippen molar-refractivity contribution in [2.45, 2.75) is 23.9 Å². The molecule has 0 aliphatic rings. The number of anilines is 1. The molecule has 0 unspecified atom stereocenters. The lowest BCUT2D eigenvalue weighted by Crippen LogP contribution is -2.13. The van der Waals surface area contributed by atoms with Crippen molar-refractivity contribution in [3.63, 3.8) is 0 Å². The van der Waals surface area contributed by atoms with Gasteiger partial charge in [-0.3, -0.25) is 14.8 Å². The van der Waals surface area contributed by atoms with E-state index in [1.165, 1.54) is 16.2 Å². The van der Waals surface area contributed by atoms with Gasteiger partial charge in [-0.1, -0.05) is 29.2 Å². The number of aromatic nitrogens is 5. The van der Waals surface area contributed by atoms with E-state index in [-0.39, 0.29) is 5.91 Å². The number of fused-ring (bicyclic) bond motifs is 1. The third kappa shape index (κ3) is 3.73. The van der Waals surface area contributed by atoms with E-state index in [0.717, 1.165) is 26.9 Å². The Kier molecular flexibility index (Phi) is 4.94. The second kappa shape index (κ2) is 7.37. The van der Waals surface area contributed by atoms with E-state index in [1.807, 2.05) is 27.0 Å². The molecule has 4 rings (SSSR count). The van der Waals surface area contributed by atoms with Gasteiger partial charge in [-0.05, 0) is 31.4 Å². The highest BCUT2D eigenvalue weighted by Crippen LogP contribution is 2.30. The molecule has 27 heavy (non-hydrogen) atoms. The Morgan fingerprint density at radius 2 is 2.19 bits per heavy atom. The summed E-state index contributed by atoms with van der Waals surface area (Å²) in [7, 11) is 1.82. The number of pyridine rings is 1. The summed E-state index contributed by atoms with van der Waals surface area (Å²) in [5.41, 5.74) is 2.78. The largest absolute Gasteiger partial charge is 0.296 e. The number of carbonyl (C=O) groups excluding carboxylic acids is 1. The molecule has 0 spiro atoms. The van der Waals surface area contributed by atoms with Gasteiger partial charge in [0.15, 0.2) is 9.99 Å². The summed E-state index contributed by atoms with van der Waals surface area (Å²) in [6.45, 7) is 3.74. The first-order valence-electron chi connectivity index (χ1n) is 8.12. The summed E-state index contributed by atoms with van der Waals surface area (Å²) in [5, 5.41) is 18.8. The first kappa shape index (κ1) is 18.1. The summed E-state index contributed by atoms with van der Waals surface area (Å²) in [6, 6.07) is 5.90. The van der Waals surface area contributed by atoms with Crippen LogP contribution in [0, 0.1) is 13.8 Å². The van der Waals surface area contributed by atoms with Crippen LogP contribution in [0.5, 0.6) is 0 Å². The average Bonchev–Trinajstić information content (AvgIpc) is 3.35. The predicted octanol–water partition coefficient (Wildman–Crippen LogP) is 4.04. The van der Waals surface area contributed by atoms with E-state index in [4.69, 9.17) is 0 Å². The molecule has 0 aliphatic heterocycles. The molecule has 138 valence electrons. The quantitative estimate of drug-likeness (QED) is 0.390. The molecule has 10 heteroatoms. The number of hydrogen-bond donors (Lipinski definition) is 1. The molecule has 0 saturated carbocycles. The van der Waals surface area contributed by atoms with Crippen molar-refractivity contribution in [2.24, 2.45) is 7.05 Å². The van der Waals surface area contributed by atoms with Crippen molar-refractivity contribution in [1.82, 2.24) is 25.0 Å².